The van der Waals surface area contributed by atoms with Crippen molar-refractivity contribution in [1.82, 2.24) is 14.1 Å². The van der Waals surface area contributed by atoms with Crippen LogP contribution < -0.4 is 5.32 Å². The summed E-state index contributed by atoms with van der Waals surface area (Å²) in [6, 6.07) is 6.25. The number of nitrogens with zero attached hydrogens (tertiary/aromatic N) is 3. The summed E-state index contributed by atoms with van der Waals surface area (Å²) in [5, 5.41) is 2.82. The molecule has 1 saturated carbocycles. The van der Waals surface area contributed by atoms with Crippen LogP contribution >= 0.6 is 0 Å². The van der Waals surface area contributed by atoms with E-state index in [1.165, 1.54) is 16.4 Å². The molecule has 0 aromatic heterocycles. The van der Waals surface area contributed by atoms with Crippen LogP contribution in [0.3, 0.4) is 0 Å². The van der Waals surface area contributed by atoms with Crippen molar-refractivity contribution < 1.29 is 22.7 Å². The quantitative estimate of drug-likeness (QED) is 0.684. The van der Waals surface area contributed by atoms with Crippen molar-refractivity contribution in [3.05, 3.63) is 24.3 Å². The lowest BCUT2D eigenvalue weighted by molar-refractivity contribution is -0.134. The molecule has 164 valence electrons. The van der Waals surface area contributed by atoms with Crippen molar-refractivity contribution in [1.29, 1.82) is 0 Å². The van der Waals surface area contributed by atoms with Crippen molar-refractivity contribution in [3.63, 3.8) is 0 Å². The monoisotopic (exact) mass is 436 g/mol. The summed E-state index contributed by atoms with van der Waals surface area (Å²) in [7, 11) is -3.54. The number of carbonyl (C=O) groups is 2. The van der Waals surface area contributed by atoms with Crippen LogP contribution in [0.5, 0.6) is 0 Å². The number of sulfonamides is 1. The van der Waals surface area contributed by atoms with E-state index < -0.39 is 10.0 Å². The average Bonchev–Trinajstić information content (AvgIpc) is 3.60. The number of rotatable bonds is 6. The number of ether oxygens (including phenoxy) is 1. The van der Waals surface area contributed by atoms with E-state index in [1.54, 1.807) is 12.1 Å². The van der Waals surface area contributed by atoms with E-state index in [2.05, 4.69) is 5.32 Å². The van der Waals surface area contributed by atoms with Crippen LogP contribution in [0, 0.1) is 5.92 Å². The van der Waals surface area contributed by atoms with E-state index in [4.69, 9.17) is 4.74 Å². The molecule has 0 atom stereocenters. The summed E-state index contributed by atoms with van der Waals surface area (Å²) in [4.78, 5) is 28.6. The third-order valence-electron chi connectivity index (χ3n) is 5.72. The fraction of sp³-hybridized carbons (Fsp3) is 0.600. The second-order valence-electron chi connectivity index (χ2n) is 7.96. The second kappa shape index (κ2) is 9.01. The van der Waals surface area contributed by atoms with Gasteiger partial charge in [0.05, 0.1) is 24.7 Å². The molecule has 30 heavy (non-hydrogen) atoms. The molecule has 2 heterocycles. The number of hydrogen-bond acceptors (Lipinski definition) is 6. The summed E-state index contributed by atoms with van der Waals surface area (Å²) in [6.07, 6.45) is 2.02. The molecule has 4 rings (SSSR count). The third kappa shape index (κ3) is 5.00. The summed E-state index contributed by atoms with van der Waals surface area (Å²) in [5.74, 6) is 0.335. The lowest BCUT2D eigenvalue weighted by Crippen LogP contribution is -2.50. The normalized spacial score (nSPS) is 21.4. The van der Waals surface area contributed by atoms with E-state index in [0.29, 0.717) is 58.2 Å². The molecule has 1 aromatic carbocycles. The molecule has 1 aliphatic carbocycles. The summed E-state index contributed by atoms with van der Waals surface area (Å²) in [5.41, 5.74) is 0.559. The van der Waals surface area contributed by atoms with Gasteiger partial charge in [0.1, 0.15) is 0 Å². The van der Waals surface area contributed by atoms with Gasteiger partial charge >= 0.3 is 0 Å². The third-order valence-corrected chi connectivity index (χ3v) is 7.64. The van der Waals surface area contributed by atoms with Gasteiger partial charge in [0.25, 0.3) is 0 Å². The summed E-state index contributed by atoms with van der Waals surface area (Å²) >= 11 is 0. The zero-order valence-electron chi connectivity index (χ0n) is 17.0. The second-order valence-corrected chi connectivity index (χ2v) is 9.90. The van der Waals surface area contributed by atoms with Gasteiger partial charge in [0.15, 0.2) is 0 Å². The molecule has 1 aromatic rings. The van der Waals surface area contributed by atoms with Crippen LogP contribution in [0.15, 0.2) is 29.2 Å². The number of benzene rings is 1. The smallest absolute Gasteiger partial charge is 0.243 e. The van der Waals surface area contributed by atoms with E-state index in [1.807, 2.05) is 9.80 Å². The number of nitrogens with one attached hydrogen (secondary N) is 1. The Labute approximate surface area is 177 Å². The van der Waals surface area contributed by atoms with Crippen molar-refractivity contribution in [2.75, 3.05) is 64.3 Å². The highest BCUT2D eigenvalue weighted by atomic mass is 32.2. The number of piperazine rings is 1. The zero-order chi connectivity index (χ0) is 21.1. The lowest BCUT2D eigenvalue weighted by atomic mass is 10.2. The molecular weight excluding hydrogens is 408 g/mol. The fourth-order valence-corrected chi connectivity index (χ4v) is 5.17. The Morgan fingerprint density at radius 2 is 1.60 bits per heavy atom. The molecule has 3 fully saturated rings. The standard InChI is InChI=1S/C20H28N4O5S/c25-19(15-22-7-9-23(10-8-22)20(26)16-1-2-16)21-17-3-5-18(6-4-17)30(27,28)24-11-13-29-14-12-24/h3-6,16H,1-2,7-15H2,(H,21,25). The number of hydrogen-bond donors (Lipinski definition) is 1. The van der Waals surface area contributed by atoms with Crippen molar-refractivity contribution >= 4 is 27.5 Å². The van der Waals surface area contributed by atoms with Gasteiger partial charge in [0.2, 0.25) is 21.8 Å². The molecule has 10 heteroatoms. The maximum absolute atomic E-state index is 12.7. The lowest BCUT2D eigenvalue weighted by Gasteiger charge is -2.34. The number of morpholine rings is 1. The minimum Gasteiger partial charge on any atom is -0.379 e. The maximum Gasteiger partial charge on any atom is 0.243 e. The van der Waals surface area contributed by atoms with Crippen molar-refractivity contribution in [3.8, 4) is 0 Å². The topological polar surface area (TPSA) is 99.3 Å². The molecule has 2 amide bonds. The molecule has 1 N–H and O–H groups in total. The van der Waals surface area contributed by atoms with Crippen LogP contribution in [-0.2, 0) is 24.3 Å². The van der Waals surface area contributed by atoms with E-state index in [-0.39, 0.29) is 29.2 Å². The highest BCUT2D eigenvalue weighted by Crippen LogP contribution is 2.31. The van der Waals surface area contributed by atoms with Gasteiger partial charge in [0, 0.05) is 50.9 Å². The highest BCUT2D eigenvalue weighted by molar-refractivity contribution is 7.89. The number of amides is 2. The zero-order valence-corrected chi connectivity index (χ0v) is 17.8. The van der Waals surface area contributed by atoms with Gasteiger partial charge in [-0.3, -0.25) is 14.5 Å². The first-order valence-corrected chi connectivity index (χ1v) is 11.9. The maximum atomic E-state index is 12.7. The van der Waals surface area contributed by atoms with Gasteiger partial charge in [-0.2, -0.15) is 4.31 Å². The van der Waals surface area contributed by atoms with Gasteiger partial charge in [-0.1, -0.05) is 0 Å². The largest absolute Gasteiger partial charge is 0.379 e. The molecule has 0 unspecified atom stereocenters. The van der Waals surface area contributed by atoms with Crippen LogP contribution in [0.2, 0.25) is 0 Å². The van der Waals surface area contributed by atoms with Crippen LogP contribution in [0.4, 0.5) is 5.69 Å². The minimum atomic E-state index is -3.54. The van der Waals surface area contributed by atoms with E-state index in [0.717, 1.165) is 12.8 Å². The predicted octanol–water partition coefficient (Wildman–Crippen LogP) is 0.200. The molecule has 0 bridgehead atoms. The minimum absolute atomic E-state index is 0.152. The Hall–Kier alpha value is -2.01. The predicted molar refractivity (Wildman–Crippen MR) is 110 cm³/mol. The first kappa shape index (κ1) is 21.2. The van der Waals surface area contributed by atoms with Gasteiger partial charge in [-0.05, 0) is 37.1 Å². The number of anilines is 1. The summed E-state index contributed by atoms with van der Waals surface area (Å²) in [6.45, 7) is 4.44. The summed E-state index contributed by atoms with van der Waals surface area (Å²) < 4.78 is 31.9. The van der Waals surface area contributed by atoms with Gasteiger partial charge < -0.3 is 15.0 Å². The molecule has 2 aliphatic heterocycles. The Kier molecular flexibility index (Phi) is 6.37. The van der Waals surface area contributed by atoms with Crippen LogP contribution in [0.25, 0.3) is 0 Å². The number of carbonyl (C=O) groups excluding carboxylic acids is 2. The first-order chi connectivity index (χ1) is 14.4. The molecule has 9 nitrogen and oxygen atoms in total. The highest BCUT2D eigenvalue weighted by Gasteiger charge is 2.34. The first-order valence-electron chi connectivity index (χ1n) is 10.4. The molecule has 2 saturated heterocycles. The van der Waals surface area contributed by atoms with E-state index >= 15 is 0 Å². The Morgan fingerprint density at radius 1 is 0.967 bits per heavy atom. The van der Waals surface area contributed by atoms with E-state index in [9.17, 15) is 18.0 Å². The van der Waals surface area contributed by atoms with Gasteiger partial charge in [-0.25, -0.2) is 8.42 Å². The average molecular weight is 437 g/mol. The Balaban J connectivity index is 1.26. The fourth-order valence-electron chi connectivity index (χ4n) is 3.76. The SMILES string of the molecule is O=C(CN1CCN(C(=O)C2CC2)CC1)Nc1ccc(S(=O)(=O)N2CCOCC2)cc1. The van der Waals surface area contributed by atoms with Crippen molar-refractivity contribution in [2.45, 2.75) is 17.7 Å². The van der Waals surface area contributed by atoms with Crippen molar-refractivity contribution in [2.24, 2.45) is 5.92 Å². The molecular formula is C20H28N4O5S. The molecule has 3 aliphatic rings. The molecule has 0 radical (unpaired) electrons. The Bertz CT molecular complexity index is 871. The van der Waals surface area contributed by atoms with Crippen LogP contribution in [-0.4, -0.2) is 93.4 Å². The Morgan fingerprint density at radius 3 is 2.20 bits per heavy atom. The van der Waals surface area contributed by atoms with Gasteiger partial charge in [-0.15, -0.1) is 0 Å². The van der Waals surface area contributed by atoms with Crippen LogP contribution in [0.1, 0.15) is 12.8 Å². The molecule has 0 spiro atoms.